The third-order valence-electron chi connectivity index (χ3n) is 11.0. The summed E-state index contributed by atoms with van der Waals surface area (Å²) < 4.78 is 55.7. The lowest BCUT2D eigenvalue weighted by Gasteiger charge is -2.19. The Labute approximate surface area is 343 Å². The number of fused-ring (bicyclic) bond motifs is 1. The maximum atomic E-state index is 13.0. The average molecular weight is 818 g/mol. The summed E-state index contributed by atoms with van der Waals surface area (Å²) in [5.41, 5.74) is 2.46. The van der Waals surface area contributed by atoms with Crippen LogP contribution in [0, 0.1) is 18.8 Å². The molecule has 2 unspecified atom stereocenters. The van der Waals surface area contributed by atoms with Crippen LogP contribution < -0.4 is 14.8 Å². The van der Waals surface area contributed by atoms with Gasteiger partial charge in [-0.25, -0.2) is 0 Å². The highest BCUT2D eigenvalue weighted by molar-refractivity contribution is 5.93. The zero-order chi connectivity index (χ0) is 41.8. The fraction of sp³-hybridized carbons (Fsp3) is 0.435. The summed E-state index contributed by atoms with van der Waals surface area (Å²) >= 11 is 0. The smallest absolute Gasteiger partial charge is 0.416 e. The van der Waals surface area contributed by atoms with Gasteiger partial charge < -0.3 is 34.8 Å². The van der Waals surface area contributed by atoms with Crippen molar-refractivity contribution < 1.29 is 47.5 Å². The number of aromatic nitrogens is 1. The number of halogens is 3. The number of esters is 1. The van der Waals surface area contributed by atoms with E-state index >= 15 is 0 Å². The molecule has 6 rings (SSSR count). The molecule has 3 aromatic carbocycles. The highest BCUT2D eigenvalue weighted by Gasteiger charge is 2.39. The molecule has 1 aromatic heterocycles. The van der Waals surface area contributed by atoms with Crippen LogP contribution >= 0.6 is 0 Å². The maximum absolute atomic E-state index is 13.0. The van der Waals surface area contributed by atoms with Gasteiger partial charge in [-0.2, -0.15) is 13.2 Å². The van der Waals surface area contributed by atoms with Gasteiger partial charge in [0.05, 0.1) is 17.8 Å². The van der Waals surface area contributed by atoms with E-state index in [1.165, 1.54) is 23.6 Å². The molecule has 1 aliphatic carbocycles. The SMILES string of the molecule is Cc1ccc(CN2CCC(Nc3cccc4cnccc34)C2)cc1OCCOC(=O)CCCC=CC[C@@H]1[C@@H](C=CC(O)COc2cccc(C(F)(F)F)c2)[C@H](O)C[C@@H]1O. The molecule has 0 amide bonds. The van der Waals surface area contributed by atoms with E-state index in [9.17, 15) is 33.3 Å². The topological polar surface area (TPSA) is 134 Å². The van der Waals surface area contributed by atoms with Gasteiger partial charge >= 0.3 is 12.1 Å². The number of allylic oxidation sites excluding steroid dienone is 2. The van der Waals surface area contributed by atoms with Crippen LogP contribution in [0.3, 0.4) is 0 Å². The maximum Gasteiger partial charge on any atom is 0.416 e. The zero-order valence-electron chi connectivity index (χ0n) is 33.3. The number of likely N-dealkylation sites (tertiary alicyclic amines) is 1. The molecule has 1 aliphatic heterocycles. The number of nitrogens with one attached hydrogen (secondary N) is 1. The molecular weight excluding hydrogens is 764 g/mol. The van der Waals surface area contributed by atoms with E-state index in [-0.39, 0.29) is 50.3 Å². The molecule has 2 fully saturated rings. The van der Waals surface area contributed by atoms with Gasteiger partial charge in [-0.3, -0.25) is 14.7 Å². The van der Waals surface area contributed by atoms with E-state index in [0.717, 1.165) is 66.1 Å². The molecule has 1 saturated heterocycles. The van der Waals surface area contributed by atoms with Crippen molar-refractivity contribution in [2.24, 2.45) is 11.8 Å². The van der Waals surface area contributed by atoms with E-state index in [1.807, 2.05) is 37.5 Å². The molecular formula is C46H54F3N3O7. The Morgan fingerprint density at radius 1 is 1.03 bits per heavy atom. The van der Waals surface area contributed by atoms with Crippen LogP contribution in [0.2, 0.25) is 0 Å². The monoisotopic (exact) mass is 817 g/mol. The van der Waals surface area contributed by atoms with Gasteiger partial charge in [0, 0.05) is 73.3 Å². The number of carbonyl (C=O) groups excluding carboxylic acids is 1. The Morgan fingerprint density at radius 2 is 1.88 bits per heavy atom. The quantitative estimate of drug-likeness (QED) is 0.0425. The number of unbranched alkanes of at least 4 members (excludes halogenated alkanes) is 1. The van der Waals surface area contributed by atoms with Gasteiger partial charge in [0.2, 0.25) is 0 Å². The van der Waals surface area contributed by atoms with Crippen LogP contribution in [0.5, 0.6) is 11.5 Å². The van der Waals surface area contributed by atoms with Crippen molar-refractivity contribution in [2.45, 2.75) is 82.5 Å². The summed E-state index contributed by atoms with van der Waals surface area (Å²) in [7, 11) is 0. The second kappa shape index (κ2) is 20.8. The Kier molecular flexibility index (Phi) is 15.4. The number of rotatable bonds is 19. The average Bonchev–Trinajstić information content (AvgIpc) is 3.77. The number of hydrogen-bond acceptors (Lipinski definition) is 10. The third-order valence-corrected chi connectivity index (χ3v) is 11.0. The number of ether oxygens (including phenoxy) is 3. The van der Waals surface area contributed by atoms with Gasteiger partial charge in [0.1, 0.15) is 37.4 Å². The number of alkyl halides is 3. The molecule has 2 aliphatic rings. The van der Waals surface area contributed by atoms with Crippen molar-refractivity contribution in [2.75, 3.05) is 38.2 Å². The van der Waals surface area contributed by atoms with E-state index in [4.69, 9.17) is 14.2 Å². The lowest BCUT2D eigenvalue weighted by molar-refractivity contribution is -0.144. The Bertz CT molecular complexity index is 2040. The molecule has 6 atom stereocenters. The third kappa shape index (κ3) is 12.8. The van der Waals surface area contributed by atoms with Crippen molar-refractivity contribution in [3.63, 3.8) is 0 Å². The molecule has 10 nitrogen and oxygen atoms in total. The first-order valence-electron chi connectivity index (χ1n) is 20.3. The number of aliphatic hydroxyl groups excluding tert-OH is 3. The van der Waals surface area contributed by atoms with Crippen molar-refractivity contribution >= 4 is 22.4 Å². The number of hydrogen-bond donors (Lipinski definition) is 4. The standard InChI is InChI=1S/C46H54F3N3O7/c1-31-14-15-32(28-52-21-19-35(29-52)51-41-12-6-8-33-27-50-20-18-38(33)41)24-44(31)57-22-23-58-45(56)13-5-3-2-4-11-39-40(43(55)26-42(39)54)17-16-36(53)30-59-37-10-7-9-34(25-37)46(47,48)49/h2,4,6-10,12,14-18,20,24-25,27,35-36,39-40,42-43,51,53-55H,3,5,11,13,19,21-23,26,28-30H2,1H3/t35?,36?,39-,40-,42+,43-/m1/s1. The fourth-order valence-electron chi connectivity index (χ4n) is 7.80. The number of aryl methyl sites for hydroxylation is 1. The molecule has 316 valence electrons. The van der Waals surface area contributed by atoms with E-state index < -0.39 is 36.0 Å². The molecule has 1 saturated carbocycles. The number of nitrogens with zero attached hydrogens (tertiary/aromatic N) is 2. The summed E-state index contributed by atoms with van der Waals surface area (Å²) in [5, 5.41) is 37.5. The molecule has 2 heterocycles. The minimum Gasteiger partial charge on any atom is -0.491 e. The largest absolute Gasteiger partial charge is 0.491 e. The van der Waals surface area contributed by atoms with Crippen LogP contribution in [-0.2, 0) is 22.3 Å². The molecule has 59 heavy (non-hydrogen) atoms. The van der Waals surface area contributed by atoms with Crippen LogP contribution in [0.1, 0.15) is 55.2 Å². The summed E-state index contributed by atoms with van der Waals surface area (Å²) in [4.78, 5) is 19.1. The number of aliphatic hydroxyl groups is 3. The lowest BCUT2D eigenvalue weighted by atomic mass is 9.89. The first-order valence-corrected chi connectivity index (χ1v) is 20.3. The normalized spacial score (nSPS) is 21.7. The van der Waals surface area contributed by atoms with Crippen LogP contribution in [-0.4, -0.2) is 88.4 Å². The predicted molar refractivity (Wildman–Crippen MR) is 220 cm³/mol. The van der Waals surface area contributed by atoms with Crippen molar-refractivity contribution in [3.05, 3.63) is 120 Å². The van der Waals surface area contributed by atoms with Crippen molar-refractivity contribution in [3.8, 4) is 11.5 Å². The zero-order valence-corrected chi connectivity index (χ0v) is 33.3. The minimum absolute atomic E-state index is 0.0196. The molecule has 13 heteroatoms. The fourth-order valence-corrected chi connectivity index (χ4v) is 7.80. The number of benzene rings is 3. The van der Waals surface area contributed by atoms with Crippen LogP contribution in [0.15, 0.2) is 103 Å². The van der Waals surface area contributed by atoms with Gasteiger partial charge in [0.15, 0.2) is 0 Å². The predicted octanol–water partition coefficient (Wildman–Crippen LogP) is 7.64. The van der Waals surface area contributed by atoms with Gasteiger partial charge in [-0.1, -0.05) is 54.6 Å². The van der Waals surface area contributed by atoms with Crippen LogP contribution in [0.25, 0.3) is 10.8 Å². The molecule has 0 radical (unpaired) electrons. The number of anilines is 1. The van der Waals surface area contributed by atoms with E-state index in [1.54, 1.807) is 6.08 Å². The number of carbonyl (C=O) groups is 1. The van der Waals surface area contributed by atoms with Crippen LogP contribution in [0.4, 0.5) is 18.9 Å². The Morgan fingerprint density at radius 3 is 2.73 bits per heavy atom. The highest BCUT2D eigenvalue weighted by atomic mass is 19.4. The van der Waals surface area contributed by atoms with Gasteiger partial charge in [0.25, 0.3) is 0 Å². The summed E-state index contributed by atoms with van der Waals surface area (Å²) in [5.74, 6) is -0.271. The number of pyridine rings is 1. The van der Waals surface area contributed by atoms with Gasteiger partial charge in [-0.05, 0) is 86.1 Å². The van der Waals surface area contributed by atoms with Crippen molar-refractivity contribution in [1.82, 2.24) is 9.88 Å². The molecule has 4 aromatic rings. The van der Waals surface area contributed by atoms with Crippen molar-refractivity contribution in [1.29, 1.82) is 0 Å². The molecule has 4 N–H and O–H groups in total. The first kappa shape index (κ1) is 43.6. The Balaban J connectivity index is 0.851. The molecule has 0 spiro atoms. The lowest BCUT2D eigenvalue weighted by Crippen LogP contribution is -2.26. The first-order chi connectivity index (χ1) is 28.4. The minimum atomic E-state index is -4.51. The summed E-state index contributed by atoms with van der Waals surface area (Å²) in [6, 6.07) is 19.3. The summed E-state index contributed by atoms with van der Waals surface area (Å²) in [6.07, 6.45) is 6.62. The highest BCUT2D eigenvalue weighted by Crippen LogP contribution is 2.37. The summed E-state index contributed by atoms with van der Waals surface area (Å²) in [6.45, 7) is 4.86. The van der Waals surface area contributed by atoms with E-state index in [0.29, 0.717) is 25.3 Å². The van der Waals surface area contributed by atoms with Gasteiger partial charge in [-0.15, -0.1) is 0 Å². The Hall–Kier alpha value is -4.95. The van der Waals surface area contributed by atoms with E-state index in [2.05, 4.69) is 51.6 Å². The second-order valence-electron chi connectivity index (χ2n) is 15.4. The second-order valence-corrected chi connectivity index (χ2v) is 15.4. The molecule has 0 bridgehead atoms.